The van der Waals surface area contributed by atoms with Crippen molar-refractivity contribution < 1.29 is 9.47 Å². The molecule has 0 aliphatic carbocycles. The second-order valence-electron chi connectivity index (χ2n) is 4.02. The fourth-order valence-electron chi connectivity index (χ4n) is 1.74. The first kappa shape index (κ1) is 14.3. The molecule has 0 aliphatic rings. The van der Waals surface area contributed by atoms with Crippen molar-refractivity contribution in [2.75, 3.05) is 21.3 Å². The van der Waals surface area contributed by atoms with Gasteiger partial charge < -0.3 is 14.8 Å². The van der Waals surface area contributed by atoms with Crippen molar-refractivity contribution in [3.05, 3.63) is 28.8 Å². The number of ether oxygens (including phenoxy) is 2. The Morgan fingerprint density at radius 2 is 2.06 bits per heavy atom. The molecule has 3 nitrogen and oxygen atoms in total. The SMILES string of the molecule is CNC(CC(C)OC)c1ccc(Cl)c(OC)c1. The van der Waals surface area contributed by atoms with Crippen LogP contribution in [-0.4, -0.2) is 27.4 Å². The van der Waals surface area contributed by atoms with Crippen molar-refractivity contribution in [3.63, 3.8) is 0 Å². The first-order valence-corrected chi connectivity index (χ1v) is 6.03. The summed E-state index contributed by atoms with van der Waals surface area (Å²) in [6, 6.07) is 6.06. The highest BCUT2D eigenvalue weighted by Gasteiger charge is 2.14. The lowest BCUT2D eigenvalue weighted by Crippen LogP contribution is -2.22. The van der Waals surface area contributed by atoms with Crippen LogP contribution >= 0.6 is 11.6 Å². The fourth-order valence-corrected chi connectivity index (χ4v) is 1.94. The monoisotopic (exact) mass is 257 g/mol. The Bertz CT molecular complexity index is 357. The molecular formula is C13H20ClNO2. The van der Waals surface area contributed by atoms with E-state index in [2.05, 4.69) is 12.2 Å². The molecule has 0 amide bonds. The molecular weight excluding hydrogens is 238 g/mol. The Hall–Kier alpha value is -0.770. The highest BCUT2D eigenvalue weighted by molar-refractivity contribution is 6.32. The third-order valence-electron chi connectivity index (χ3n) is 2.90. The number of rotatable bonds is 6. The van der Waals surface area contributed by atoms with Crippen LogP contribution in [0.2, 0.25) is 5.02 Å². The Kier molecular flexibility index (Phi) is 5.75. The fraction of sp³-hybridized carbons (Fsp3) is 0.538. The minimum absolute atomic E-state index is 0.203. The van der Waals surface area contributed by atoms with Crippen LogP contribution in [0.3, 0.4) is 0 Å². The molecule has 0 aliphatic heterocycles. The van der Waals surface area contributed by atoms with Crippen molar-refractivity contribution in [1.82, 2.24) is 5.32 Å². The number of nitrogens with one attached hydrogen (secondary N) is 1. The van der Waals surface area contributed by atoms with Gasteiger partial charge in [-0.05, 0) is 38.1 Å². The second-order valence-corrected chi connectivity index (χ2v) is 4.42. The van der Waals surface area contributed by atoms with E-state index >= 15 is 0 Å². The maximum Gasteiger partial charge on any atom is 0.137 e. The highest BCUT2D eigenvalue weighted by atomic mass is 35.5. The molecule has 2 atom stereocenters. The molecule has 2 unspecified atom stereocenters. The summed E-state index contributed by atoms with van der Waals surface area (Å²) in [6.07, 6.45) is 1.10. The Morgan fingerprint density at radius 1 is 1.35 bits per heavy atom. The molecule has 0 heterocycles. The summed E-state index contributed by atoms with van der Waals surface area (Å²) in [5.74, 6) is 0.703. The number of benzene rings is 1. The molecule has 0 spiro atoms. The molecule has 0 saturated carbocycles. The van der Waals surface area contributed by atoms with Crippen LogP contribution in [0.1, 0.15) is 24.9 Å². The number of methoxy groups -OCH3 is 2. The molecule has 0 bridgehead atoms. The van der Waals surface area contributed by atoms with Gasteiger partial charge in [-0.15, -0.1) is 0 Å². The van der Waals surface area contributed by atoms with Gasteiger partial charge in [-0.2, -0.15) is 0 Å². The van der Waals surface area contributed by atoms with Gasteiger partial charge in [0.2, 0.25) is 0 Å². The van der Waals surface area contributed by atoms with Gasteiger partial charge >= 0.3 is 0 Å². The van der Waals surface area contributed by atoms with E-state index < -0.39 is 0 Å². The molecule has 96 valence electrons. The molecule has 4 heteroatoms. The summed E-state index contributed by atoms with van der Waals surface area (Å²) in [5, 5.41) is 3.91. The van der Waals surface area contributed by atoms with Crippen molar-refractivity contribution in [1.29, 1.82) is 0 Å². The van der Waals surface area contributed by atoms with E-state index in [0.717, 1.165) is 12.0 Å². The summed E-state index contributed by atoms with van der Waals surface area (Å²) in [4.78, 5) is 0. The summed E-state index contributed by atoms with van der Waals surface area (Å²) in [7, 11) is 5.28. The van der Waals surface area contributed by atoms with E-state index in [0.29, 0.717) is 10.8 Å². The highest BCUT2D eigenvalue weighted by Crippen LogP contribution is 2.29. The van der Waals surface area contributed by atoms with Gasteiger partial charge in [0, 0.05) is 13.2 Å². The van der Waals surface area contributed by atoms with Gasteiger partial charge in [0.1, 0.15) is 5.75 Å². The van der Waals surface area contributed by atoms with Gasteiger partial charge in [-0.3, -0.25) is 0 Å². The number of hydrogen-bond donors (Lipinski definition) is 1. The standard InChI is InChI=1S/C13H20ClNO2/c1-9(16-3)7-12(15-2)10-5-6-11(14)13(8-10)17-4/h5-6,8-9,12,15H,7H2,1-4H3. The van der Waals surface area contributed by atoms with E-state index in [1.807, 2.05) is 25.2 Å². The summed E-state index contributed by atoms with van der Waals surface area (Å²) < 4.78 is 10.5. The number of halogens is 1. The molecule has 0 saturated heterocycles. The predicted octanol–water partition coefficient (Wildman–Crippen LogP) is 3.03. The van der Waals surface area contributed by atoms with Crippen LogP contribution in [-0.2, 0) is 4.74 Å². The van der Waals surface area contributed by atoms with Crippen LogP contribution in [0, 0.1) is 0 Å². The van der Waals surface area contributed by atoms with Crippen molar-refractivity contribution >= 4 is 11.6 Å². The zero-order chi connectivity index (χ0) is 12.8. The zero-order valence-corrected chi connectivity index (χ0v) is 11.5. The van der Waals surface area contributed by atoms with E-state index in [9.17, 15) is 0 Å². The van der Waals surface area contributed by atoms with Crippen LogP contribution in [0.4, 0.5) is 0 Å². The first-order chi connectivity index (χ1) is 8.12. The normalized spacial score (nSPS) is 14.4. The number of hydrogen-bond acceptors (Lipinski definition) is 3. The van der Waals surface area contributed by atoms with E-state index in [1.165, 1.54) is 0 Å². The second kappa shape index (κ2) is 6.84. The molecule has 1 rings (SSSR count). The summed E-state index contributed by atoms with van der Waals surface area (Å²) in [5.41, 5.74) is 1.15. The third kappa shape index (κ3) is 3.87. The van der Waals surface area contributed by atoms with Crippen LogP contribution in [0.15, 0.2) is 18.2 Å². The molecule has 1 N–H and O–H groups in total. The van der Waals surface area contributed by atoms with E-state index in [4.69, 9.17) is 21.1 Å². The Morgan fingerprint density at radius 3 is 2.59 bits per heavy atom. The van der Waals surface area contributed by atoms with Gasteiger partial charge in [0.05, 0.1) is 18.2 Å². The average Bonchev–Trinajstić information content (AvgIpc) is 2.36. The van der Waals surface area contributed by atoms with E-state index in [-0.39, 0.29) is 12.1 Å². The maximum absolute atomic E-state index is 6.01. The van der Waals surface area contributed by atoms with Crippen LogP contribution in [0.5, 0.6) is 5.75 Å². The molecule has 17 heavy (non-hydrogen) atoms. The smallest absolute Gasteiger partial charge is 0.137 e. The maximum atomic E-state index is 6.01. The molecule has 1 aromatic carbocycles. The first-order valence-electron chi connectivity index (χ1n) is 5.65. The van der Waals surface area contributed by atoms with Gasteiger partial charge in [0.25, 0.3) is 0 Å². The lowest BCUT2D eigenvalue weighted by molar-refractivity contribution is 0.101. The molecule has 0 fully saturated rings. The molecule has 0 radical (unpaired) electrons. The van der Waals surface area contributed by atoms with Crippen molar-refractivity contribution in [2.45, 2.75) is 25.5 Å². The third-order valence-corrected chi connectivity index (χ3v) is 3.21. The zero-order valence-electron chi connectivity index (χ0n) is 10.8. The van der Waals surface area contributed by atoms with Crippen molar-refractivity contribution in [2.24, 2.45) is 0 Å². The Labute approximate surface area is 108 Å². The Balaban J connectivity index is 2.88. The van der Waals surface area contributed by atoms with Crippen LogP contribution < -0.4 is 10.1 Å². The largest absolute Gasteiger partial charge is 0.495 e. The quantitative estimate of drug-likeness (QED) is 0.850. The van der Waals surface area contributed by atoms with Gasteiger partial charge in [0.15, 0.2) is 0 Å². The van der Waals surface area contributed by atoms with Crippen LogP contribution in [0.25, 0.3) is 0 Å². The summed E-state index contributed by atoms with van der Waals surface area (Å²) >= 11 is 6.01. The van der Waals surface area contributed by atoms with Crippen molar-refractivity contribution in [3.8, 4) is 5.75 Å². The van der Waals surface area contributed by atoms with E-state index in [1.54, 1.807) is 14.2 Å². The molecule has 0 aromatic heterocycles. The summed E-state index contributed by atoms with van der Waals surface area (Å²) in [6.45, 7) is 2.05. The lowest BCUT2D eigenvalue weighted by atomic mass is 10.0. The topological polar surface area (TPSA) is 30.5 Å². The average molecular weight is 258 g/mol. The van der Waals surface area contributed by atoms with Gasteiger partial charge in [-0.1, -0.05) is 17.7 Å². The minimum Gasteiger partial charge on any atom is -0.495 e. The van der Waals surface area contributed by atoms with Gasteiger partial charge in [-0.25, -0.2) is 0 Å². The molecule has 1 aromatic rings. The minimum atomic E-state index is 0.203. The predicted molar refractivity (Wildman–Crippen MR) is 70.9 cm³/mol. The lowest BCUT2D eigenvalue weighted by Gasteiger charge is -2.21.